The van der Waals surface area contributed by atoms with Crippen molar-refractivity contribution in [1.29, 1.82) is 0 Å². The first-order valence-electron chi connectivity index (χ1n) is 9.88. The lowest BCUT2D eigenvalue weighted by Crippen LogP contribution is -2.41. The second kappa shape index (κ2) is 8.19. The Morgan fingerprint density at radius 1 is 1.25 bits per heavy atom. The fraction of sp³-hybridized carbons (Fsp3) is 0.364. The molecule has 0 bridgehead atoms. The minimum atomic E-state index is -0.244. The third-order valence-corrected chi connectivity index (χ3v) is 6.16. The first-order valence-corrected chi connectivity index (χ1v) is 10.8. The van der Waals surface area contributed by atoms with Crippen LogP contribution < -0.4 is 15.5 Å². The summed E-state index contributed by atoms with van der Waals surface area (Å²) in [6, 6.07) is 11.8. The second-order valence-corrected chi connectivity index (χ2v) is 8.19. The number of fused-ring (bicyclic) bond motifs is 1. The van der Waals surface area contributed by atoms with Gasteiger partial charge in [-0.1, -0.05) is 25.1 Å². The molecular formula is C22H25N3O2S. The molecule has 0 fully saturated rings. The number of anilines is 2. The highest BCUT2D eigenvalue weighted by atomic mass is 32.1. The minimum Gasteiger partial charge on any atom is -0.357 e. The first-order chi connectivity index (χ1) is 13.7. The summed E-state index contributed by atoms with van der Waals surface area (Å²) in [6.45, 7) is 2.91. The zero-order valence-corrected chi connectivity index (χ0v) is 16.8. The van der Waals surface area contributed by atoms with Gasteiger partial charge in [-0.25, -0.2) is 0 Å². The molecule has 2 heterocycles. The standard InChI is InChI=1S/C22H25N3O2S/c1-2-12-23-20(27)14-25-17-9-4-3-7-15(17)24-16-8-5-10-18(26)21(16)22(25)19-11-6-13-28-19/h3-4,6-7,9,11,13,22,24H,2,5,8,10,12,14H2,1H3,(H,23,27). The molecule has 0 spiro atoms. The largest absolute Gasteiger partial charge is 0.357 e. The molecule has 0 radical (unpaired) electrons. The number of ketones is 1. The lowest BCUT2D eigenvalue weighted by molar-refractivity contribution is -0.120. The fourth-order valence-corrected chi connectivity index (χ4v) is 4.84. The van der Waals surface area contributed by atoms with Crippen molar-refractivity contribution in [2.45, 2.75) is 38.6 Å². The highest BCUT2D eigenvalue weighted by Gasteiger charge is 2.37. The first kappa shape index (κ1) is 18.7. The van der Waals surface area contributed by atoms with Crippen LogP contribution in [0.4, 0.5) is 11.4 Å². The predicted octanol–water partition coefficient (Wildman–Crippen LogP) is 4.25. The number of hydrogen-bond acceptors (Lipinski definition) is 5. The van der Waals surface area contributed by atoms with Crippen molar-refractivity contribution in [2.24, 2.45) is 0 Å². The van der Waals surface area contributed by atoms with Crippen molar-refractivity contribution in [3.05, 3.63) is 57.9 Å². The molecule has 146 valence electrons. The molecule has 0 saturated carbocycles. The highest BCUT2D eigenvalue weighted by molar-refractivity contribution is 7.10. The predicted molar refractivity (Wildman–Crippen MR) is 114 cm³/mol. The van der Waals surface area contributed by atoms with E-state index < -0.39 is 0 Å². The van der Waals surface area contributed by atoms with Crippen LogP contribution in [-0.4, -0.2) is 24.8 Å². The zero-order chi connectivity index (χ0) is 19.5. The van der Waals surface area contributed by atoms with E-state index in [0.717, 1.165) is 46.8 Å². The quantitative estimate of drug-likeness (QED) is 0.794. The molecule has 2 aromatic rings. The number of hydrogen-bond donors (Lipinski definition) is 2. The smallest absolute Gasteiger partial charge is 0.239 e. The molecule has 6 heteroatoms. The molecule has 2 N–H and O–H groups in total. The number of carbonyl (C=O) groups is 2. The van der Waals surface area contributed by atoms with Crippen molar-refractivity contribution in [3.8, 4) is 0 Å². The Morgan fingerprint density at radius 3 is 2.89 bits per heavy atom. The van der Waals surface area contributed by atoms with Crippen molar-refractivity contribution in [3.63, 3.8) is 0 Å². The lowest BCUT2D eigenvalue weighted by Gasteiger charge is -2.34. The van der Waals surface area contributed by atoms with Gasteiger partial charge in [0, 0.05) is 29.1 Å². The third kappa shape index (κ3) is 3.56. The monoisotopic (exact) mass is 395 g/mol. The summed E-state index contributed by atoms with van der Waals surface area (Å²) >= 11 is 1.63. The van der Waals surface area contributed by atoms with Gasteiger partial charge < -0.3 is 15.5 Å². The van der Waals surface area contributed by atoms with Crippen molar-refractivity contribution >= 4 is 34.4 Å². The number of para-hydroxylation sites is 2. The number of nitrogens with zero attached hydrogens (tertiary/aromatic N) is 1. The number of Topliss-reactive ketones (excluding diaryl/α,β-unsaturated/α-hetero) is 1. The Hall–Kier alpha value is -2.60. The van der Waals surface area contributed by atoms with Crippen LogP contribution in [0.2, 0.25) is 0 Å². The molecule has 28 heavy (non-hydrogen) atoms. The average Bonchev–Trinajstić information content (AvgIpc) is 3.18. The van der Waals surface area contributed by atoms with E-state index in [1.54, 1.807) is 11.3 Å². The van der Waals surface area contributed by atoms with Gasteiger partial charge in [0.1, 0.15) is 0 Å². The van der Waals surface area contributed by atoms with E-state index in [4.69, 9.17) is 0 Å². The van der Waals surface area contributed by atoms with Crippen LogP contribution in [0.25, 0.3) is 0 Å². The summed E-state index contributed by atoms with van der Waals surface area (Å²) in [5, 5.41) is 8.53. The molecular weight excluding hydrogens is 370 g/mol. The maximum atomic E-state index is 13.0. The van der Waals surface area contributed by atoms with Crippen molar-refractivity contribution < 1.29 is 9.59 Å². The molecule has 1 aromatic heterocycles. The minimum absolute atomic E-state index is 0.0227. The maximum Gasteiger partial charge on any atom is 0.239 e. The maximum absolute atomic E-state index is 13.0. The van der Waals surface area contributed by atoms with Crippen LogP contribution in [0.5, 0.6) is 0 Å². The van der Waals surface area contributed by atoms with Gasteiger partial charge in [-0.15, -0.1) is 11.3 Å². The lowest BCUT2D eigenvalue weighted by atomic mass is 9.88. The van der Waals surface area contributed by atoms with Gasteiger partial charge in [-0.3, -0.25) is 9.59 Å². The van der Waals surface area contributed by atoms with E-state index in [1.807, 2.05) is 42.6 Å². The molecule has 1 aliphatic heterocycles. The van der Waals surface area contributed by atoms with E-state index in [2.05, 4.69) is 21.6 Å². The Balaban J connectivity index is 1.84. The van der Waals surface area contributed by atoms with Gasteiger partial charge in [-0.05, 0) is 42.8 Å². The van der Waals surface area contributed by atoms with E-state index >= 15 is 0 Å². The van der Waals surface area contributed by atoms with E-state index in [0.29, 0.717) is 13.0 Å². The Bertz CT molecular complexity index is 904. The topological polar surface area (TPSA) is 61.4 Å². The summed E-state index contributed by atoms with van der Waals surface area (Å²) in [4.78, 5) is 28.9. The molecule has 2 aliphatic rings. The summed E-state index contributed by atoms with van der Waals surface area (Å²) in [5.74, 6) is 0.157. The number of thiophene rings is 1. The zero-order valence-electron chi connectivity index (χ0n) is 16.0. The fourth-order valence-electron chi connectivity index (χ4n) is 3.99. The van der Waals surface area contributed by atoms with E-state index in [-0.39, 0.29) is 24.3 Å². The molecule has 1 amide bonds. The SMILES string of the molecule is CCCNC(=O)CN1c2ccccc2NC2=C(C(=O)CCC2)C1c1cccs1. The second-order valence-electron chi connectivity index (χ2n) is 7.21. The van der Waals surface area contributed by atoms with Gasteiger partial charge in [0.25, 0.3) is 0 Å². The van der Waals surface area contributed by atoms with Crippen LogP contribution >= 0.6 is 11.3 Å². The molecule has 1 aromatic carbocycles. The van der Waals surface area contributed by atoms with Crippen LogP contribution in [0.15, 0.2) is 53.0 Å². The Morgan fingerprint density at radius 2 is 2.11 bits per heavy atom. The van der Waals surface area contributed by atoms with Gasteiger partial charge >= 0.3 is 0 Å². The number of amides is 1. The molecule has 4 rings (SSSR count). The number of benzene rings is 1. The molecule has 0 saturated heterocycles. The number of carbonyl (C=O) groups excluding carboxylic acids is 2. The summed E-state index contributed by atoms with van der Waals surface area (Å²) < 4.78 is 0. The highest BCUT2D eigenvalue weighted by Crippen LogP contribution is 2.45. The van der Waals surface area contributed by atoms with Crippen LogP contribution in [-0.2, 0) is 9.59 Å². The van der Waals surface area contributed by atoms with Crippen LogP contribution in [0.3, 0.4) is 0 Å². The van der Waals surface area contributed by atoms with E-state index in [9.17, 15) is 9.59 Å². The Kier molecular flexibility index (Phi) is 5.48. The van der Waals surface area contributed by atoms with Gasteiger partial charge in [-0.2, -0.15) is 0 Å². The van der Waals surface area contributed by atoms with E-state index in [1.165, 1.54) is 0 Å². The number of rotatable bonds is 5. The van der Waals surface area contributed by atoms with Gasteiger partial charge in [0.05, 0.1) is 24.0 Å². The summed E-state index contributed by atoms with van der Waals surface area (Å²) in [5.41, 5.74) is 3.72. The molecule has 1 atom stereocenters. The summed E-state index contributed by atoms with van der Waals surface area (Å²) in [7, 11) is 0. The van der Waals surface area contributed by atoms with Crippen molar-refractivity contribution in [1.82, 2.24) is 5.32 Å². The molecule has 1 aliphatic carbocycles. The van der Waals surface area contributed by atoms with Crippen LogP contribution in [0, 0.1) is 0 Å². The third-order valence-electron chi connectivity index (χ3n) is 5.24. The molecule has 1 unspecified atom stereocenters. The Labute approximate surface area is 169 Å². The van der Waals surface area contributed by atoms with Gasteiger partial charge in [0.2, 0.25) is 5.91 Å². The number of allylic oxidation sites excluding steroid dienone is 1. The van der Waals surface area contributed by atoms with Crippen LogP contribution in [0.1, 0.15) is 43.5 Å². The van der Waals surface area contributed by atoms with Crippen molar-refractivity contribution in [2.75, 3.05) is 23.3 Å². The van der Waals surface area contributed by atoms with Gasteiger partial charge in [0.15, 0.2) is 5.78 Å². The average molecular weight is 396 g/mol. The molecule has 5 nitrogen and oxygen atoms in total. The number of nitrogens with one attached hydrogen (secondary N) is 2. The summed E-state index contributed by atoms with van der Waals surface area (Å²) in [6.07, 6.45) is 3.18. The normalized spacial score (nSPS) is 18.8.